The van der Waals surface area contributed by atoms with Crippen LogP contribution in [0.4, 0.5) is 5.69 Å². The van der Waals surface area contributed by atoms with E-state index in [4.69, 9.17) is 9.47 Å². The van der Waals surface area contributed by atoms with Gasteiger partial charge in [0.15, 0.2) is 11.5 Å². The molecule has 1 amide bonds. The van der Waals surface area contributed by atoms with E-state index >= 15 is 0 Å². The van der Waals surface area contributed by atoms with E-state index in [0.717, 1.165) is 27.3 Å². The Morgan fingerprint density at radius 3 is 2.46 bits per heavy atom. The highest BCUT2D eigenvalue weighted by Crippen LogP contribution is 2.40. The van der Waals surface area contributed by atoms with Gasteiger partial charge in [0.1, 0.15) is 0 Å². The van der Waals surface area contributed by atoms with Crippen LogP contribution in [0.1, 0.15) is 11.1 Å². The third kappa shape index (κ3) is 2.76. The van der Waals surface area contributed by atoms with Crippen molar-refractivity contribution in [2.45, 2.75) is 0 Å². The number of thiophene rings is 1. The number of amides is 1. The predicted octanol–water partition coefficient (Wildman–Crippen LogP) is 4.93. The number of benzene rings is 2. The van der Waals surface area contributed by atoms with Gasteiger partial charge in [0.2, 0.25) is 0 Å². The molecule has 130 valence electrons. The van der Waals surface area contributed by atoms with Gasteiger partial charge in [0.05, 0.1) is 14.2 Å². The largest absolute Gasteiger partial charge is 0.493 e. The fraction of sp³-hybridized carbons (Fsp3) is 0.0952. The molecular formula is C21H17NO3S. The van der Waals surface area contributed by atoms with Crippen molar-refractivity contribution in [3.05, 3.63) is 65.0 Å². The second-order valence-corrected chi connectivity index (χ2v) is 6.78. The number of hydrogen-bond acceptors (Lipinski definition) is 4. The van der Waals surface area contributed by atoms with E-state index in [9.17, 15) is 4.79 Å². The lowest BCUT2D eigenvalue weighted by Gasteiger charge is -2.13. The van der Waals surface area contributed by atoms with Gasteiger partial charge in [-0.3, -0.25) is 4.79 Å². The number of hydrogen-bond donors (Lipinski definition) is 1. The van der Waals surface area contributed by atoms with E-state index < -0.39 is 0 Å². The summed E-state index contributed by atoms with van der Waals surface area (Å²) in [5, 5.41) is 4.94. The van der Waals surface area contributed by atoms with Crippen molar-refractivity contribution in [1.29, 1.82) is 0 Å². The number of para-hydroxylation sites is 1. The zero-order valence-electron chi connectivity index (χ0n) is 14.4. The Hall–Kier alpha value is -3.05. The summed E-state index contributed by atoms with van der Waals surface area (Å²) in [5.74, 6) is 1.19. The monoisotopic (exact) mass is 363 g/mol. The average molecular weight is 363 g/mol. The summed E-state index contributed by atoms with van der Waals surface area (Å²) in [4.78, 5) is 13.6. The highest BCUT2D eigenvalue weighted by Gasteiger charge is 2.24. The molecule has 1 N–H and O–H groups in total. The molecule has 4 nitrogen and oxygen atoms in total. The van der Waals surface area contributed by atoms with Gasteiger partial charge in [-0.25, -0.2) is 0 Å². The van der Waals surface area contributed by atoms with Gasteiger partial charge < -0.3 is 14.8 Å². The third-order valence-corrected chi connectivity index (χ3v) is 5.26. The van der Waals surface area contributed by atoms with Crippen molar-refractivity contribution in [3.63, 3.8) is 0 Å². The van der Waals surface area contributed by atoms with Crippen LogP contribution in [-0.2, 0) is 4.79 Å². The molecule has 0 saturated carbocycles. The summed E-state index contributed by atoms with van der Waals surface area (Å²) in [6, 6.07) is 15.6. The van der Waals surface area contributed by atoms with E-state index in [2.05, 4.69) is 11.4 Å². The maximum Gasteiger partial charge on any atom is 0.256 e. The van der Waals surface area contributed by atoms with Gasteiger partial charge in [-0.2, -0.15) is 0 Å². The Morgan fingerprint density at radius 2 is 1.73 bits per heavy atom. The fourth-order valence-electron chi connectivity index (χ4n) is 3.10. The van der Waals surface area contributed by atoms with Gasteiger partial charge in [-0.1, -0.05) is 24.3 Å². The van der Waals surface area contributed by atoms with Crippen LogP contribution in [0.15, 0.2) is 53.9 Å². The molecule has 0 radical (unpaired) electrons. The van der Waals surface area contributed by atoms with E-state index in [1.54, 1.807) is 25.6 Å². The zero-order chi connectivity index (χ0) is 18.1. The van der Waals surface area contributed by atoms with Gasteiger partial charge in [0.25, 0.3) is 5.91 Å². The summed E-state index contributed by atoms with van der Waals surface area (Å²) in [5.41, 5.74) is 4.30. The van der Waals surface area contributed by atoms with Crippen LogP contribution in [0.5, 0.6) is 11.5 Å². The number of ether oxygens (including phenoxy) is 2. The molecule has 2 aromatic carbocycles. The molecule has 2 heterocycles. The zero-order valence-corrected chi connectivity index (χ0v) is 15.2. The number of anilines is 1. The fourth-order valence-corrected chi connectivity index (χ4v) is 3.86. The first-order valence-corrected chi connectivity index (χ1v) is 9.01. The molecule has 3 aromatic rings. The van der Waals surface area contributed by atoms with Crippen LogP contribution in [0.2, 0.25) is 0 Å². The first kappa shape index (κ1) is 16.4. The molecule has 0 atom stereocenters. The Labute approximate surface area is 155 Å². The Morgan fingerprint density at radius 1 is 0.962 bits per heavy atom. The summed E-state index contributed by atoms with van der Waals surface area (Å²) < 4.78 is 10.9. The number of carbonyl (C=O) groups excluding carboxylic acids is 1. The van der Waals surface area contributed by atoms with Crippen molar-refractivity contribution in [2.75, 3.05) is 19.5 Å². The highest BCUT2D eigenvalue weighted by atomic mass is 32.1. The summed E-state index contributed by atoms with van der Waals surface area (Å²) in [7, 11) is 3.23. The SMILES string of the molecule is COc1cc(/C=C2/C(=O)Nc3ccccc32)c(-c2cccs2)cc1OC. The Bertz CT molecular complexity index is 1010. The molecule has 0 spiro atoms. The standard InChI is InChI=1S/C21H17NO3S/c1-24-18-11-13(15(12-19(18)25-2)20-8-5-9-26-20)10-16-14-6-3-4-7-17(14)22-21(16)23/h3-12H,1-2H3,(H,22,23)/b16-10+. The van der Waals surface area contributed by atoms with Crippen LogP contribution in [0.25, 0.3) is 22.1 Å². The van der Waals surface area contributed by atoms with Crippen LogP contribution < -0.4 is 14.8 Å². The maximum atomic E-state index is 12.5. The molecule has 0 fully saturated rings. The molecule has 1 aliphatic rings. The highest BCUT2D eigenvalue weighted by molar-refractivity contribution is 7.13. The van der Waals surface area contributed by atoms with Crippen LogP contribution in [0, 0.1) is 0 Å². The lowest BCUT2D eigenvalue weighted by Crippen LogP contribution is -2.03. The van der Waals surface area contributed by atoms with Crippen LogP contribution >= 0.6 is 11.3 Å². The van der Waals surface area contributed by atoms with Crippen LogP contribution in [-0.4, -0.2) is 20.1 Å². The molecular weight excluding hydrogens is 346 g/mol. The first-order chi connectivity index (χ1) is 12.7. The topological polar surface area (TPSA) is 47.6 Å². The minimum atomic E-state index is -0.0990. The number of methoxy groups -OCH3 is 2. The van der Waals surface area contributed by atoms with E-state index in [1.807, 2.05) is 53.9 Å². The van der Waals surface area contributed by atoms with E-state index in [0.29, 0.717) is 17.1 Å². The Kier molecular flexibility index (Phi) is 4.22. The molecule has 4 rings (SSSR count). The number of nitrogens with one attached hydrogen (secondary N) is 1. The quantitative estimate of drug-likeness (QED) is 0.669. The summed E-state index contributed by atoms with van der Waals surface area (Å²) in [6.07, 6.45) is 1.91. The smallest absolute Gasteiger partial charge is 0.256 e. The lowest BCUT2D eigenvalue weighted by molar-refractivity contribution is -0.110. The molecule has 1 aliphatic heterocycles. The molecule has 0 aliphatic carbocycles. The second kappa shape index (κ2) is 6.69. The molecule has 26 heavy (non-hydrogen) atoms. The van der Waals surface area contributed by atoms with Crippen molar-refractivity contribution in [1.82, 2.24) is 0 Å². The number of rotatable bonds is 4. The summed E-state index contributed by atoms with van der Waals surface area (Å²) >= 11 is 1.64. The maximum absolute atomic E-state index is 12.5. The number of carbonyl (C=O) groups is 1. The van der Waals surface area contributed by atoms with Gasteiger partial charge >= 0.3 is 0 Å². The lowest BCUT2D eigenvalue weighted by atomic mass is 9.99. The van der Waals surface area contributed by atoms with Crippen molar-refractivity contribution >= 4 is 34.6 Å². The van der Waals surface area contributed by atoms with Gasteiger partial charge in [-0.05, 0) is 41.3 Å². The normalized spacial score (nSPS) is 14.2. The Balaban J connectivity index is 1.92. The molecule has 0 saturated heterocycles. The van der Waals surface area contributed by atoms with E-state index in [1.165, 1.54) is 0 Å². The molecule has 0 unspecified atom stereocenters. The van der Waals surface area contributed by atoms with Gasteiger partial charge in [0, 0.05) is 27.3 Å². The van der Waals surface area contributed by atoms with Crippen molar-refractivity contribution in [2.24, 2.45) is 0 Å². The predicted molar refractivity (Wildman–Crippen MR) is 106 cm³/mol. The van der Waals surface area contributed by atoms with Crippen molar-refractivity contribution < 1.29 is 14.3 Å². The minimum Gasteiger partial charge on any atom is -0.493 e. The van der Waals surface area contributed by atoms with E-state index in [-0.39, 0.29) is 5.91 Å². The summed E-state index contributed by atoms with van der Waals surface area (Å²) in [6.45, 7) is 0. The average Bonchev–Trinajstić information content (AvgIpc) is 3.30. The molecule has 1 aromatic heterocycles. The second-order valence-electron chi connectivity index (χ2n) is 5.83. The number of fused-ring (bicyclic) bond motifs is 1. The first-order valence-electron chi connectivity index (χ1n) is 8.13. The molecule has 5 heteroatoms. The third-order valence-electron chi connectivity index (χ3n) is 4.35. The van der Waals surface area contributed by atoms with Crippen molar-refractivity contribution in [3.8, 4) is 21.9 Å². The molecule has 0 bridgehead atoms. The van der Waals surface area contributed by atoms with Gasteiger partial charge in [-0.15, -0.1) is 11.3 Å². The minimum absolute atomic E-state index is 0.0990. The van der Waals surface area contributed by atoms with Crippen LogP contribution in [0.3, 0.4) is 0 Å².